The Labute approximate surface area is 103 Å². The molecule has 0 spiro atoms. The number of halogens is 1. The maximum absolute atomic E-state index is 14.0. The molecule has 0 aliphatic carbocycles. The third kappa shape index (κ3) is 2.04. The van der Waals surface area contributed by atoms with E-state index in [0.29, 0.717) is 0 Å². The van der Waals surface area contributed by atoms with Crippen molar-refractivity contribution < 1.29 is 9.18 Å². The van der Waals surface area contributed by atoms with Crippen molar-refractivity contribution in [3.63, 3.8) is 0 Å². The number of nitrogens with zero attached hydrogens (tertiary/aromatic N) is 2. The molecule has 18 heavy (non-hydrogen) atoms. The lowest BCUT2D eigenvalue weighted by molar-refractivity contribution is 0.0995. The van der Waals surface area contributed by atoms with Crippen molar-refractivity contribution >= 4 is 5.91 Å². The highest BCUT2D eigenvalue weighted by atomic mass is 19.1. The number of primary amides is 1. The molecular formula is C13H8FN3O. The van der Waals surface area contributed by atoms with Gasteiger partial charge in [-0.3, -0.25) is 4.79 Å². The lowest BCUT2D eigenvalue weighted by atomic mass is 10.1. The minimum Gasteiger partial charge on any atom is -0.364 e. The summed E-state index contributed by atoms with van der Waals surface area (Å²) in [5.74, 6) is 0.993. The second kappa shape index (κ2) is 4.63. The lowest BCUT2D eigenvalue weighted by Gasteiger charge is -2.04. The molecular weight excluding hydrogens is 233 g/mol. The molecule has 5 heteroatoms. The summed E-state index contributed by atoms with van der Waals surface area (Å²) in [6, 6.07) is 5.90. The van der Waals surface area contributed by atoms with Crippen LogP contribution in [-0.2, 0) is 0 Å². The standard InChI is InChI=1S/C13H8FN3O/c1-2-8-4-3-5-9(11(8)14)13-16-7-6-10(17-13)12(15)18/h1,3-7H,(H2,15,18). The van der Waals surface area contributed by atoms with Crippen molar-refractivity contribution in [3.8, 4) is 23.7 Å². The maximum Gasteiger partial charge on any atom is 0.267 e. The molecule has 0 aliphatic heterocycles. The zero-order chi connectivity index (χ0) is 13.1. The average molecular weight is 241 g/mol. The van der Waals surface area contributed by atoms with Crippen molar-refractivity contribution in [1.29, 1.82) is 0 Å². The molecule has 0 bridgehead atoms. The number of nitrogens with two attached hydrogens (primary N) is 1. The van der Waals surface area contributed by atoms with Crippen LogP contribution in [-0.4, -0.2) is 15.9 Å². The van der Waals surface area contributed by atoms with Crippen LogP contribution in [0.2, 0.25) is 0 Å². The van der Waals surface area contributed by atoms with Gasteiger partial charge in [0.2, 0.25) is 0 Å². The molecule has 0 atom stereocenters. The summed E-state index contributed by atoms with van der Waals surface area (Å²) in [7, 11) is 0. The van der Waals surface area contributed by atoms with E-state index in [-0.39, 0.29) is 22.6 Å². The van der Waals surface area contributed by atoms with Crippen LogP contribution in [0.15, 0.2) is 30.5 Å². The van der Waals surface area contributed by atoms with Gasteiger partial charge in [-0.2, -0.15) is 0 Å². The van der Waals surface area contributed by atoms with Crippen molar-refractivity contribution in [3.05, 3.63) is 47.5 Å². The summed E-state index contributed by atoms with van der Waals surface area (Å²) in [4.78, 5) is 18.8. The van der Waals surface area contributed by atoms with Crippen LogP contribution in [0.3, 0.4) is 0 Å². The van der Waals surface area contributed by atoms with Gasteiger partial charge < -0.3 is 5.73 Å². The minimum atomic E-state index is -0.702. The van der Waals surface area contributed by atoms with E-state index in [1.54, 1.807) is 6.07 Å². The molecule has 0 radical (unpaired) electrons. The summed E-state index contributed by atoms with van der Waals surface area (Å²) < 4.78 is 14.0. The van der Waals surface area contributed by atoms with Gasteiger partial charge >= 0.3 is 0 Å². The second-order valence-electron chi connectivity index (χ2n) is 3.44. The van der Waals surface area contributed by atoms with E-state index in [2.05, 4.69) is 15.9 Å². The van der Waals surface area contributed by atoms with Crippen LogP contribution in [0.5, 0.6) is 0 Å². The van der Waals surface area contributed by atoms with Gasteiger partial charge in [-0.1, -0.05) is 12.0 Å². The summed E-state index contributed by atoms with van der Waals surface area (Å²) in [5.41, 5.74) is 5.36. The van der Waals surface area contributed by atoms with Crippen molar-refractivity contribution in [1.82, 2.24) is 9.97 Å². The van der Waals surface area contributed by atoms with Gasteiger partial charge in [0.15, 0.2) is 5.82 Å². The van der Waals surface area contributed by atoms with Gasteiger partial charge in [-0.05, 0) is 18.2 Å². The van der Waals surface area contributed by atoms with Gasteiger partial charge in [-0.15, -0.1) is 6.42 Å². The fraction of sp³-hybridized carbons (Fsp3) is 0. The van der Waals surface area contributed by atoms with Crippen LogP contribution in [0.1, 0.15) is 16.1 Å². The van der Waals surface area contributed by atoms with Gasteiger partial charge in [0, 0.05) is 6.20 Å². The van der Waals surface area contributed by atoms with E-state index >= 15 is 0 Å². The Bertz CT molecular complexity index is 662. The van der Waals surface area contributed by atoms with E-state index < -0.39 is 11.7 Å². The topological polar surface area (TPSA) is 68.9 Å². The Kier molecular flexibility index (Phi) is 3.02. The molecule has 1 amide bonds. The third-order valence-corrected chi connectivity index (χ3v) is 2.30. The van der Waals surface area contributed by atoms with Gasteiger partial charge in [0.05, 0.1) is 11.1 Å². The molecule has 0 fully saturated rings. The molecule has 1 aromatic heterocycles. The van der Waals surface area contributed by atoms with Crippen LogP contribution < -0.4 is 5.73 Å². The molecule has 0 unspecified atom stereocenters. The SMILES string of the molecule is C#Cc1cccc(-c2nccc(C(N)=O)n2)c1F. The number of hydrogen-bond donors (Lipinski definition) is 1. The molecule has 0 saturated carbocycles. The first kappa shape index (κ1) is 11.7. The van der Waals surface area contributed by atoms with Gasteiger partial charge in [-0.25, -0.2) is 14.4 Å². The van der Waals surface area contributed by atoms with Gasteiger partial charge in [0.25, 0.3) is 5.91 Å². The fourth-order valence-electron chi connectivity index (χ4n) is 1.44. The Morgan fingerprint density at radius 2 is 2.17 bits per heavy atom. The van der Waals surface area contributed by atoms with E-state index in [4.69, 9.17) is 12.2 Å². The number of hydrogen-bond acceptors (Lipinski definition) is 3. The molecule has 0 aliphatic rings. The van der Waals surface area contributed by atoms with Crippen LogP contribution in [0.4, 0.5) is 4.39 Å². The van der Waals surface area contributed by atoms with E-state index in [9.17, 15) is 9.18 Å². The first-order valence-corrected chi connectivity index (χ1v) is 5.02. The Balaban J connectivity index is 2.59. The molecule has 0 saturated heterocycles. The zero-order valence-corrected chi connectivity index (χ0v) is 9.22. The Morgan fingerprint density at radius 1 is 1.39 bits per heavy atom. The second-order valence-corrected chi connectivity index (χ2v) is 3.44. The monoisotopic (exact) mass is 241 g/mol. The predicted octanol–water partition coefficient (Wildman–Crippen LogP) is 1.36. The Morgan fingerprint density at radius 3 is 2.83 bits per heavy atom. The molecule has 1 aromatic carbocycles. The fourth-order valence-corrected chi connectivity index (χ4v) is 1.44. The highest BCUT2D eigenvalue weighted by molar-refractivity contribution is 5.91. The first-order valence-electron chi connectivity index (χ1n) is 5.02. The largest absolute Gasteiger partial charge is 0.364 e. The molecule has 88 valence electrons. The van der Waals surface area contributed by atoms with Crippen LogP contribution in [0.25, 0.3) is 11.4 Å². The maximum atomic E-state index is 14.0. The zero-order valence-electron chi connectivity index (χ0n) is 9.22. The number of aromatic nitrogens is 2. The van der Waals surface area contributed by atoms with Crippen molar-refractivity contribution in [2.24, 2.45) is 5.73 Å². The van der Waals surface area contributed by atoms with E-state index in [0.717, 1.165) is 0 Å². The molecule has 2 aromatic rings. The molecule has 4 nitrogen and oxygen atoms in total. The number of amides is 1. The van der Waals surface area contributed by atoms with Crippen molar-refractivity contribution in [2.75, 3.05) is 0 Å². The first-order chi connectivity index (χ1) is 8.63. The van der Waals surface area contributed by atoms with E-state index in [1.165, 1.54) is 24.4 Å². The molecule has 2 N–H and O–H groups in total. The molecule has 2 rings (SSSR count). The summed E-state index contributed by atoms with van der Waals surface area (Å²) in [6.07, 6.45) is 6.51. The lowest BCUT2D eigenvalue weighted by Crippen LogP contribution is -2.13. The minimum absolute atomic E-state index is 0.0190. The number of carbonyl (C=O) groups is 1. The summed E-state index contributed by atoms with van der Waals surface area (Å²) >= 11 is 0. The molecule has 1 heterocycles. The quantitative estimate of drug-likeness (QED) is 0.807. The summed E-state index contributed by atoms with van der Waals surface area (Å²) in [5, 5.41) is 0. The van der Waals surface area contributed by atoms with Crippen LogP contribution in [0, 0.1) is 18.2 Å². The van der Waals surface area contributed by atoms with E-state index in [1.807, 2.05) is 0 Å². The predicted molar refractivity (Wildman–Crippen MR) is 63.9 cm³/mol. The van der Waals surface area contributed by atoms with Gasteiger partial charge in [0.1, 0.15) is 11.5 Å². The highest BCUT2D eigenvalue weighted by Gasteiger charge is 2.12. The smallest absolute Gasteiger partial charge is 0.267 e. The van der Waals surface area contributed by atoms with Crippen molar-refractivity contribution in [2.45, 2.75) is 0 Å². The van der Waals surface area contributed by atoms with Crippen LogP contribution >= 0.6 is 0 Å². The normalized spacial score (nSPS) is 9.78. The summed E-state index contributed by atoms with van der Waals surface area (Å²) in [6.45, 7) is 0. The number of carbonyl (C=O) groups excluding carboxylic acids is 1. The third-order valence-electron chi connectivity index (χ3n) is 2.30. The number of rotatable bonds is 2. The Hall–Kier alpha value is -2.74. The number of terminal acetylenes is 1. The highest BCUT2D eigenvalue weighted by Crippen LogP contribution is 2.21. The average Bonchev–Trinajstić information content (AvgIpc) is 2.39. The number of benzene rings is 1.